The minimum atomic E-state index is -1.99. The third kappa shape index (κ3) is 2.95. The smallest absolute Gasteiger partial charge is 0.326 e. The SMILES string of the molecule is COC(=O)C1(Cc2ccc(C)cc2)C(=O)N(c2ccccc2)C2=C1C(=O)c1ccccc1C2=O. The Morgan fingerprint density at radius 2 is 1.41 bits per heavy atom. The molecule has 1 aliphatic carbocycles. The maximum atomic E-state index is 14.2. The number of ketones is 2. The summed E-state index contributed by atoms with van der Waals surface area (Å²) < 4.78 is 5.12. The van der Waals surface area contributed by atoms with E-state index in [0.717, 1.165) is 5.56 Å². The molecule has 168 valence electrons. The number of amides is 1. The lowest BCUT2D eigenvalue weighted by Gasteiger charge is -2.28. The quantitative estimate of drug-likeness (QED) is 0.441. The van der Waals surface area contributed by atoms with Gasteiger partial charge in [-0.3, -0.25) is 24.1 Å². The van der Waals surface area contributed by atoms with E-state index in [1.54, 1.807) is 54.6 Å². The van der Waals surface area contributed by atoms with Gasteiger partial charge in [0.05, 0.1) is 12.7 Å². The van der Waals surface area contributed by atoms with E-state index in [0.29, 0.717) is 11.3 Å². The van der Waals surface area contributed by atoms with Crippen molar-refractivity contribution in [2.45, 2.75) is 13.3 Å². The van der Waals surface area contributed by atoms with E-state index in [1.807, 2.05) is 31.2 Å². The lowest BCUT2D eigenvalue weighted by atomic mass is 9.70. The Labute approximate surface area is 196 Å². The molecule has 3 aromatic rings. The number of carbonyl (C=O) groups excluding carboxylic acids is 4. The second-order valence-electron chi connectivity index (χ2n) is 8.46. The van der Waals surface area contributed by atoms with Crippen molar-refractivity contribution in [3.05, 3.63) is 112 Å². The van der Waals surface area contributed by atoms with Gasteiger partial charge in [-0.25, -0.2) is 0 Å². The second-order valence-corrected chi connectivity index (χ2v) is 8.46. The van der Waals surface area contributed by atoms with E-state index in [1.165, 1.54) is 12.0 Å². The fourth-order valence-corrected chi connectivity index (χ4v) is 4.81. The summed E-state index contributed by atoms with van der Waals surface area (Å²) >= 11 is 0. The number of allylic oxidation sites excluding steroid dienone is 1. The predicted molar refractivity (Wildman–Crippen MR) is 125 cm³/mol. The number of Topliss-reactive ketones (excluding diaryl/α,β-unsaturated/α-hetero) is 2. The number of para-hydroxylation sites is 1. The topological polar surface area (TPSA) is 80.8 Å². The number of fused-ring (bicyclic) bond motifs is 1. The maximum absolute atomic E-state index is 14.2. The van der Waals surface area contributed by atoms with Crippen LogP contribution in [0.15, 0.2) is 90.1 Å². The Balaban J connectivity index is 1.81. The first-order valence-corrected chi connectivity index (χ1v) is 10.9. The van der Waals surface area contributed by atoms with Gasteiger partial charge in [-0.1, -0.05) is 72.3 Å². The molecule has 6 nitrogen and oxygen atoms in total. The number of carbonyl (C=O) groups is 4. The zero-order valence-electron chi connectivity index (χ0n) is 18.7. The molecule has 34 heavy (non-hydrogen) atoms. The molecule has 0 bridgehead atoms. The van der Waals surface area contributed by atoms with Gasteiger partial charge in [0.25, 0.3) is 5.91 Å². The van der Waals surface area contributed by atoms with Gasteiger partial charge in [-0.2, -0.15) is 0 Å². The molecule has 0 fully saturated rings. The summed E-state index contributed by atoms with van der Waals surface area (Å²) in [5.74, 6) is -2.54. The van der Waals surface area contributed by atoms with Crippen molar-refractivity contribution in [1.82, 2.24) is 0 Å². The van der Waals surface area contributed by atoms with E-state index in [9.17, 15) is 19.2 Å². The number of methoxy groups -OCH3 is 1. The molecule has 0 saturated carbocycles. The number of hydrogen-bond donors (Lipinski definition) is 0. The van der Waals surface area contributed by atoms with Gasteiger partial charge < -0.3 is 4.74 Å². The molecule has 1 heterocycles. The van der Waals surface area contributed by atoms with Gasteiger partial charge in [0.15, 0.2) is 11.2 Å². The largest absolute Gasteiger partial charge is 0.468 e. The molecule has 2 aliphatic rings. The minimum Gasteiger partial charge on any atom is -0.468 e. The van der Waals surface area contributed by atoms with Crippen molar-refractivity contribution in [3.63, 3.8) is 0 Å². The first kappa shape index (κ1) is 21.5. The van der Waals surface area contributed by atoms with E-state index in [-0.39, 0.29) is 28.8 Å². The first-order valence-electron chi connectivity index (χ1n) is 10.9. The fourth-order valence-electron chi connectivity index (χ4n) is 4.81. The molecular weight excluding hydrogens is 430 g/mol. The van der Waals surface area contributed by atoms with Crippen molar-refractivity contribution >= 4 is 29.1 Å². The summed E-state index contributed by atoms with van der Waals surface area (Å²) in [4.78, 5) is 56.4. The van der Waals surface area contributed by atoms with Crippen molar-refractivity contribution in [2.24, 2.45) is 5.41 Å². The lowest BCUT2D eigenvalue weighted by Crippen LogP contribution is -2.47. The normalized spacial score (nSPS) is 19.2. The number of hydrogen-bond acceptors (Lipinski definition) is 5. The number of esters is 1. The van der Waals surface area contributed by atoms with Gasteiger partial charge in [0.2, 0.25) is 5.78 Å². The molecule has 0 radical (unpaired) electrons. The summed E-state index contributed by atoms with van der Waals surface area (Å²) in [6.45, 7) is 1.93. The Kier molecular flexibility index (Phi) is 5.01. The second kappa shape index (κ2) is 7.92. The van der Waals surface area contributed by atoms with Crippen molar-refractivity contribution in [1.29, 1.82) is 0 Å². The predicted octanol–water partition coefficient (Wildman–Crippen LogP) is 4.08. The average Bonchev–Trinajstić information content (AvgIpc) is 3.13. The van der Waals surface area contributed by atoms with Gasteiger partial charge >= 0.3 is 5.97 Å². The summed E-state index contributed by atoms with van der Waals surface area (Å²) in [5.41, 5.74) is 0.255. The summed E-state index contributed by atoms with van der Waals surface area (Å²) in [6, 6.07) is 22.3. The van der Waals surface area contributed by atoms with Crippen LogP contribution in [0.25, 0.3) is 0 Å². The van der Waals surface area contributed by atoms with Crippen LogP contribution in [0.5, 0.6) is 0 Å². The third-order valence-corrected chi connectivity index (χ3v) is 6.45. The van der Waals surface area contributed by atoms with E-state index >= 15 is 0 Å². The van der Waals surface area contributed by atoms with E-state index in [2.05, 4.69) is 0 Å². The van der Waals surface area contributed by atoms with Crippen LogP contribution in [0.3, 0.4) is 0 Å². The average molecular weight is 451 g/mol. The van der Waals surface area contributed by atoms with Crippen LogP contribution in [0.2, 0.25) is 0 Å². The number of nitrogens with zero attached hydrogens (tertiary/aromatic N) is 1. The Morgan fingerprint density at radius 1 is 0.824 bits per heavy atom. The Hall–Kier alpha value is -4.32. The van der Waals surface area contributed by atoms with Crippen LogP contribution in [0.1, 0.15) is 31.8 Å². The molecule has 0 N–H and O–H groups in total. The number of anilines is 1. The van der Waals surface area contributed by atoms with Crippen molar-refractivity contribution in [2.75, 3.05) is 12.0 Å². The molecule has 0 saturated heterocycles. The summed E-state index contributed by atoms with van der Waals surface area (Å²) in [6.07, 6.45) is -0.109. The molecule has 0 spiro atoms. The lowest BCUT2D eigenvalue weighted by molar-refractivity contribution is -0.154. The number of rotatable bonds is 4. The molecule has 3 aromatic carbocycles. The Morgan fingerprint density at radius 3 is 2.03 bits per heavy atom. The molecule has 1 unspecified atom stereocenters. The van der Waals surface area contributed by atoms with Crippen molar-refractivity contribution < 1.29 is 23.9 Å². The van der Waals surface area contributed by atoms with Crippen LogP contribution in [0.4, 0.5) is 5.69 Å². The minimum absolute atomic E-state index is 0.0857. The molecule has 6 heteroatoms. The highest BCUT2D eigenvalue weighted by Crippen LogP contribution is 2.50. The van der Waals surface area contributed by atoms with Crippen LogP contribution < -0.4 is 4.90 Å². The summed E-state index contributed by atoms with van der Waals surface area (Å²) in [7, 11) is 1.18. The highest BCUT2D eigenvalue weighted by Gasteiger charge is 2.63. The van der Waals surface area contributed by atoms with E-state index < -0.39 is 28.9 Å². The van der Waals surface area contributed by atoms with Gasteiger partial charge in [0, 0.05) is 23.2 Å². The Bertz CT molecular complexity index is 1390. The van der Waals surface area contributed by atoms with Gasteiger partial charge in [-0.05, 0) is 24.6 Å². The highest BCUT2D eigenvalue weighted by molar-refractivity contribution is 6.38. The van der Waals surface area contributed by atoms with Crippen LogP contribution in [-0.4, -0.2) is 30.6 Å². The number of aryl methyl sites for hydroxylation is 1. The zero-order chi connectivity index (χ0) is 24.0. The zero-order valence-corrected chi connectivity index (χ0v) is 18.7. The molecule has 1 aliphatic heterocycles. The van der Waals surface area contributed by atoms with Crippen LogP contribution in [0, 0.1) is 12.3 Å². The fraction of sp³-hybridized carbons (Fsp3) is 0.143. The monoisotopic (exact) mass is 451 g/mol. The number of ether oxygens (including phenoxy) is 1. The van der Waals surface area contributed by atoms with Gasteiger partial charge in [-0.15, -0.1) is 0 Å². The third-order valence-electron chi connectivity index (χ3n) is 6.45. The maximum Gasteiger partial charge on any atom is 0.326 e. The van der Waals surface area contributed by atoms with Gasteiger partial charge in [0.1, 0.15) is 5.70 Å². The molecular formula is C28H21NO5. The summed E-state index contributed by atoms with van der Waals surface area (Å²) in [5, 5.41) is 0. The molecule has 1 amide bonds. The highest BCUT2D eigenvalue weighted by atomic mass is 16.5. The molecule has 0 aromatic heterocycles. The van der Waals surface area contributed by atoms with E-state index in [4.69, 9.17) is 4.74 Å². The standard InChI is InChI=1S/C28H21NO5/c1-17-12-14-18(15-13-17)16-28(27(33)34-2)22-23(29(26(28)32)19-8-4-3-5-9-19)25(31)21-11-7-6-10-20(21)24(22)30/h3-15H,16H2,1-2H3. The first-order chi connectivity index (χ1) is 16.4. The van der Waals surface area contributed by atoms with Crippen LogP contribution in [-0.2, 0) is 20.7 Å². The molecule has 1 atom stereocenters. The number of benzene rings is 3. The van der Waals surface area contributed by atoms with Crippen LogP contribution >= 0.6 is 0 Å². The molecule has 5 rings (SSSR count). The van der Waals surface area contributed by atoms with Crippen molar-refractivity contribution in [3.8, 4) is 0 Å².